The van der Waals surface area contributed by atoms with Gasteiger partial charge in [0.25, 0.3) is 0 Å². The fourth-order valence-corrected chi connectivity index (χ4v) is 4.48. The summed E-state index contributed by atoms with van der Waals surface area (Å²) in [6.45, 7) is 10.8. The van der Waals surface area contributed by atoms with Crippen LogP contribution in [0.5, 0.6) is 0 Å². The lowest BCUT2D eigenvalue weighted by Crippen LogP contribution is -2.46. The Hall–Kier alpha value is -3.48. The molecule has 1 aromatic rings. The van der Waals surface area contributed by atoms with E-state index in [-0.39, 0.29) is 49.0 Å². The van der Waals surface area contributed by atoms with Crippen LogP contribution in [0.3, 0.4) is 0 Å². The summed E-state index contributed by atoms with van der Waals surface area (Å²) in [5.41, 5.74) is 0.829. The number of allylic oxidation sites excluding steroid dienone is 4. The van der Waals surface area contributed by atoms with E-state index in [1.54, 1.807) is 57.2 Å². The molecule has 1 aromatic carbocycles. The summed E-state index contributed by atoms with van der Waals surface area (Å²) >= 11 is 0. The second kappa shape index (κ2) is 14.1. The molecule has 0 unspecified atom stereocenters. The first-order valence-corrected chi connectivity index (χ1v) is 13.6. The molecule has 1 aliphatic carbocycles. The Labute approximate surface area is 231 Å². The Balaban J connectivity index is 2.01. The quantitative estimate of drug-likeness (QED) is 0.264. The Kier molecular flexibility index (Phi) is 11.4. The lowest BCUT2D eigenvalue weighted by atomic mass is 9.76. The molecule has 39 heavy (non-hydrogen) atoms. The van der Waals surface area contributed by atoms with E-state index in [1.807, 2.05) is 26.8 Å². The third-order valence-corrected chi connectivity index (χ3v) is 7.22. The van der Waals surface area contributed by atoms with Gasteiger partial charge in [0, 0.05) is 37.2 Å². The molecule has 0 fully saturated rings. The number of rotatable bonds is 14. The smallest absolute Gasteiger partial charge is 0.224 e. The van der Waals surface area contributed by atoms with Crippen LogP contribution in [0.1, 0.15) is 84.0 Å². The maximum Gasteiger partial charge on any atom is 0.224 e. The van der Waals surface area contributed by atoms with Crippen molar-refractivity contribution in [3.8, 4) is 0 Å². The van der Waals surface area contributed by atoms with E-state index in [4.69, 9.17) is 0 Å². The molecule has 0 aliphatic heterocycles. The fraction of sp³-hybridized carbons (Fsp3) is 0.500. The summed E-state index contributed by atoms with van der Waals surface area (Å²) < 4.78 is 0. The van der Waals surface area contributed by atoms with Crippen molar-refractivity contribution < 1.29 is 28.8 Å². The van der Waals surface area contributed by atoms with Crippen LogP contribution >= 0.6 is 0 Å². The van der Waals surface area contributed by atoms with Crippen LogP contribution in [0.2, 0.25) is 0 Å². The third-order valence-electron chi connectivity index (χ3n) is 7.22. The molecule has 2 rings (SSSR count). The van der Waals surface area contributed by atoms with Crippen LogP contribution in [-0.4, -0.2) is 40.9 Å². The molecule has 0 aromatic heterocycles. The molecule has 210 valence electrons. The van der Waals surface area contributed by atoms with Crippen molar-refractivity contribution >= 4 is 34.8 Å². The summed E-state index contributed by atoms with van der Waals surface area (Å²) in [6.07, 6.45) is 5.38. The van der Waals surface area contributed by atoms with Gasteiger partial charge in [-0.05, 0) is 30.8 Å². The minimum Gasteiger partial charge on any atom is -0.346 e. The van der Waals surface area contributed by atoms with Gasteiger partial charge in [0.15, 0.2) is 23.1 Å². The number of ketones is 5. The third kappa shape index (κ3) is 9.65. The highest BCUT2D eigenvalue weighted by atomic mass is 16.2. The molecule has 1 N–H and O–H groups in total. The minimum atomic E-state index is -0.881. The van der Waals surface area contributed by atoms with Gasteiger partial charge < -0.3 is 5.32 Å². The van der Waals surface area contributed by atoms with Gasteiger partial charge in [0.2, 0.25) is 11.7 Å². The highest BCUT2D eigenvalue weighted by molar-refractivity contribution is 6.38. The van der Waals surface area contributed by atoms with Gasteiger partial charge in [-0.2, -0.15) is 0 Å². The summed E-state index contributed by atoms with van der Waals surface area (Å²) in [4.78, 5) is 76.1. The average molecular weight is 536 g/mol. The van der Waals surface area contributed by atoms with Crippen LogP contribution in [0.15, 0.2) is 54.1 Å². The molecule has 7 nitrogen and oxygen atoms in total. The largest absolute Gasteiger partial charge is 0.346 e. The number of benzene rings is 1. The van der Waals surface area contributed by atoms with Crippen LogP contribution in [0.4, 0.5) is 0 Å². The maximum absolute atomic E-state index is 13.2. The highest BCUT2D eigenvalue weighted by Crippen LogP contribution is 2.30. The van der Waals surface area contributed by atoms with E-state index < -0.39 is 40.8 Å². The van der Waals surface area contributed by atoms with Gasteiger partial charge in [-0.25, -0.2) is 0 Å². The van der Waals surface area contributed by atoms with Crippen molar-refractivity contribution in [3.63, 3.8) is 0 Å². The lowest BCUT2D eigenvalue weighted by molar-refractivity contribution is -0.141. The van der Waals surface area contributed by atoms with Gasteiger partial charge >= 0.3 is 0 Å². The number of Topliss-reactive ketones (excluding diaryl/α,β-unsaturated/α-hetero) is 4. The molecule has 0 heterocycles. The number of carbonyl (C=O) groups excluding carboxylic acids is 6. The summed E-state index contributed by atoms with van der Waals surface area (Å²) in [5, 5.41) is 2.75. The predicted molar refractivity (Wildman–Crippen MR) is 150 cm³/mol. The average Bonchev–Trinajstić information content (AvgIpc) is 2.88. The monoisotopic (exact) mass is 535 g/mol. The topological polar surface area (TPSA) is 114 Å². The number of nitrogens with one attached hydrogen (secondary N) is 1. The molecule has 0 spiro atoms. The molecule has 7 heteroatoms. The van der Waals surface area contributed by atoms with Gasteiger partial charge in [-0.3, -0.25) is 28.8 Å². The van der Waals surface area contributed by atoms with Crippen LogP contribution < -0.4 is 5.32 Å². The second-order valence-electron chi connectivity index (χ2n) is 11.7. The number of hydrogen-bond donors (Lipinski definition) is 1. The molecule has 1 aliphatic rings. The predicted octanol–water partition coefficient (Wildman–Crippen LogP) is 5.03. The van der Waals surface area contributed by atoms with Crippen molar-refractivity contribution in [3.05, 3.63) is 59.7 Å². The molecule has 1 amide bonds. The highest BCUT2D eigenvalue weighted by Gasteiger charge is 2.36. The van der Waals surface area contributed by atoms with Crippen LogP contribution in [0.25, 0.3) is 0 Å². The molecule has 3 atom stereocenters. The van der Waals surface area contributed by atoms with Crippen molar-refractivity contribution in [2.75, 3.05) is 0 Å². The standard InChI is InChI=1S/C32H41NO6/c1-20(2)25(30(38)27(35)17-14-22-12-15-24(34)16-13-22)18-28(36)21(3)33-31(39)26(32(4,5)6)19-29(37)23-10-8-7-9-11-23/h7-13,15,20-21,25-26H,14,16-19H2,1-6H3,(H,33,39)/t21-,25-,26+/m0/s1. The van der Waals surface area contributed by atoms with E-state index in [0.29, 0.717) is 12.0 Å². The maximum atomic E-state index is 13.2. The summed E-state index contributed by atoms with van der Waals surface area (Å²) in [5.74, 6) is -3.73. The Morgan fingerprint density at radius 3 is 2.10 bits per heavy atom. The van der Waals surface area contributed by atoms with Gasteiger partial charge in [-0.1, -0.05) is 82.7 Å². The van der Waals surface area contributed by atoms with Crippen molar-refractivity contribution in [1.82, 2.24) is 5.32 Å². The normalized spacial score (nSPS) is 15.8. The van der Waals surface area contributed by atoms with E-state index in [2.05, 4.69) is 5.32 Å². The lowest BCUT2D eigenvalue weighted by Gasteiger charge is -2.30. The first kappa shape index (κ1) is 31.7. The molecule has 0 saturated carbocycles. The molecule has 0 saturated heterocycles. The van der Waals surface area contributed by atoms with Gasteiger partial charge in [0.05, 0.1) is 12.0 Å². The Morgan fingerprint density at radius 1 is 0.923 bits per heavy atom. The molecular formula is C32H41NO6. The van der Waals surface area contributed by atoms with E-state index >= 15 is 0 Å². The molecule has 0 radical (unpaired) electrons. The molecular weight excluding hydrogens is 494 g/mol. The minimum absolute atomic E-state index is 0.00163. The SMILES string of the molecule is CC(C)[C@H](CC(=O)[C@H](C)NC(=O)[C@@H](CC(=O)c1ccccc1)C(C)(C)C)C(=O)C(=O)CCC1=CCC(=O)C=C1. The zero-order valence-electron chi connectivity index (χ0n) is 23.9. The zero-order valence-corrected chi connectivity index (χ0v) is 23.9. The fourth-order valence-electron chi connectivity index (χ4n) is 4.48. The van der Waals surface area contributed by atoms with Crippen LogP contribution in [-0.2, 0) is 24.0 Å². The van der Waals surface area contributed by atoms with Crippen molar-refractivity contribution in [2.45, 2.75) is 79.7 Å². The Morgan fingerprint density at radius 2 is 1.56 bits per heavy atom. The summed E-state index contributed by atoms with van der Waals surface area (Å²) in [7, 11) is 0. The number of carbonyl (C=O) groups is 6. The van der Waals surface area contributed by atoms with E-state index in [1.165, 1.54) is 6.08 Å². The van der Waals surface area contributed by atoms with E-state index in [9.17, 15) is 28.8 Å². The van der Waals surface area contributed by atoms with Crippen LogP contribution in [0, 0.1) is 23.2 Å². The van der Waals surface area contributed by atoms with Crippen molar-refractivity contribution in [2.24, 2.45) is 23.2 Å². The van der Waals surface area contributed by atoms with E-state index in [0.717, 1.165) is 5.57 Å². The van der Waals surface area contributed by atoms with Gasteiger partial charge in [-0.15, -0.1) is 0 Å². The first-order chi connectivity index (χ1) is 18.2. The number of hydrogen-bond acceptors (Lipinski definition) is 6. The number of amides is 1. The Bertz CT molecular complexity index is 1150. The molecule has 0 bridgehead atoms. The zero-order chi connectivity index (χ0) is 29.3. The second-order valence-corrected chi connectivity index (χ2v) is 11.7. The first-order valence-electron chi connectivity index (χ1n) is 13.6. The van der Waals surface area contributed by atoms with Crippen molar-refractivity contribution in [1.29, 1.82) is 0 Å². The summed E-state index contributed by atoms with van der Waals surface area (Å²) in [6, 6.07) is 7.89. The van der Waals surface area contributed by atoms with Gasteiger partial charge in [0.1, 0.15) is 0 Å².